The van der Waals surface area contributed by atoms with Gasteiger partial charge < -0.3 is 10.6 Å². The highest BCUT2D eigenvalue weighted by Gasteiger charge is 2.10. The first-order valence-electron chi connectivity index (χ1n) is 7.86. The predicted molar refractivity (Wildman–Crippen MR) is 97.9 cm³/mol. The lowest BCUT2D eigenvalue weighted by Gasteiger charge is -2.06. The van der Waals surface area contributed by atoms with Gasteiger partial charge in [-0.05, 0) is 42.0 Å². The van der Waals surface area contributed by atoms with Crippen molar-refractivity contribution in [3.63, 3.8) is 0 Å². The maximum Gasteiger partial charge on any atom is 0.224 e. The maximum atomic E-state index is 12.0. The number of carbonyl (C=O) groups excluding carboxylic acids is 3. The molecule has 0 spiro atoms. The van der Waals surface area contributed by atoms with Crippen molar-refractivity contribution < 1.29 is 14.4 Å². The molecule has 0 saturated heterocycles. The zero-order valence-electron chi connectivity index (χ0n) is 13.8. The lowest BCUT2D eigenvalue weighted by Crippen LogP contribution is -2.19. The number of amides is 2. The molecule has 0 bridgehead atoms. The van der Waals surface area contributed by atoms with Crippen LogP contribution in [0.1, 0.15) is 28.8 Å². The van der Waals surface area contributed by atoms with Gasteiger partial charge in [-0.1, -0.05) is 23.7 Å². The van der Waals surface area contributed by atoms with Gasteiger partial charge in [-0.3, -0.25) is 14.4 Å². The fourth-order valence-corrected chi connectivity index (χ4v) is 2.34. The van der Waals surface area contributed by atoms with Crippen LogP contribution >= 0.6 is 11.6 Å². The fourth-order valence-electron chi connectivity index (χ4n) is 2.21. The molecule has 0 aliphatic carbocycles. The standard InChI is InChI=1S/C19H19ClN2O3/c1-21-19(25)12-13-2-8-16(9-3-13)22-18(24)11-10-17(23)14-4-6-15(20)7-5-14/h2-9H,10-12H2,1H3,(H,21,25)(H,22,24). The van der Waals surface area contributed by atoms with Crippen LogP contribution in [0.25, 0.3) is 0 Å². The van der Waals surface area contributed by atoms with Gasteiger partial charge in [0.25, 0.3) is 0 Å². The van der Waals surface area contributed by atoms with E-state index in [0.717, 1.165) is 5.56 Å². The molecule has 2 N–H and O–H groups in total. The number of halogens is 1. The molecule has 0 saturated carbocycles. The monoisotopic (exact) mass is 358 g/mol. The number of rotatable bonds is 7. The topological polar surface area (TPSA) is 75.3 Å². The Bertz CT molecular complexity index is 755. The van der Waals surface area contributed by atoms with Crippen LogP contribution in [-0.4, -0.2) is 24.6 Å². The molecule has 0 radical (unpaired) electrons. The van der Waals surface area contributed by atoms with E-state index in [1.807, 2.05) is 0 Å². The second-order valence-corrected chi connectivity index (χ2v) is 5.96. The molecule has 25 heavy (non-hydrogen) atoms. The zero-order valence-corrected chi connectivity index (χ0v) is 14.6. The van der Waals surface area contributed by atoms with Crippen LogP contribution in [0.4, 0.5) is 5.69 Å². The molecule has 0 aliphatic heterocycles. The van der Waals surface area contributed by atoms with Crippen molar-refractivity contribution in [2.75, 3.05) is 12.4 Å². The number of hydrogen-bond acceptors (Lipinski definition) is 3. The van der Waals surface area contributed by atoms with E-state index >= 15 is 0 Å². The number of ketones is 1. The molecular formula is C19H19ClN2O3. The Morgan fingerprint density at radius 1 is 0.880 bits per heavy atom. The van der Waals surface area contributed by atoms with Crippen molar-refractivity contribution in [2.45, 2.75) is 19.3 Å². The van der Waals surface area contributed by atoms with Crippen molar-refractivity contribution in [1.82, 2.24) is 5.32 Å². The largest absolute Gasteiger partial charge is 0.359 e. The third-order valence-electron chi connectivity index (χ3n) is 3.63. The van der Waals surface area contributed by atoms with Gasteiger partial charge in [0.2, 0.25) is 11.8 Å². The van der Waals surface area contributed by atoms with E-state index in [9.17, 15) is 14.4 Å². The average Bonchev–Trinajstić information content (AvgIpc) is 2.62. The van der Waals surface area contributed by atoms with Crippen molar-refractivity contribution in [1.29, 1.82) is 0 Å². The molecule has 0 aromatic heterocycles. The number of Topliss-reactive ketones (excluding diaryl/α,β-unsaturated/α-hetero) is 1. The van der Waals surface area contributed by atoms with Gasteiger partial charge in [0.15, 0.2) is 5.78 Å². The number of benzene rings is 2. The first-order valence-corrected chi connectivity index (χ1v) is 8.24. The summed E-state index contributed by atoms with van der Waals surface area (Å²) in [6.45, 7) is 0. The highest BCUT2D eigenvalue weighted by Crippen LogP contribution is 2.13. The Morgan fingerprint density at radius 3 is 2.12 bits per heavy atom. The number of hydrogen-bond donors (Lipinski definition) is 2. The summed E-state index contributed by atoms with van der Waals surface area (Å²) in [5.41, 5.74) is 2.02. The Balaban J connectivity index is 1.82. The summed E-state index contributed by atoms with van der Waals surface area (Å²) >= 11 is 5.78. The van der Waals surface area contributed by atoms with Crippen molar-refractivity contribution in [3.05, 3.63) is 64.7 Å². The third kappa shape index (κ3) is 6.04. The molecule has 130 valence electrons. The zero-order chi connectivity index (χ0) is 18.2. The van der Waals surface area contributed by atoms with Crippen LogP contribution in [-0.2, 0) is 16.0 Å². The molecule has 2 aromatic carbocycles. The number of anilines is 1. The molecule has 0 fully saturated rings. The maximum absolute atomic E-state index is 12.0. The minimum absolute atomic E-state index is 0.0718. The SMILES string of the molecule is CNC(=O)Cc1ccc(NC(=O)CCC(=O)c2ccc(Cl)cc2)cc1. The summed E-state index contributed by atoms with van der Waals surface area (Å²) < 4.78 is 0. The van der Waals surface area contributed by atoms with Gasteiger partial charge in [0.1, 0.15) is 0 Å². The van der Waals surface area contributed by atoms with Crippen LogP contribution in [0.5, 0.6) is 0 Å². The van der Waals surface area contributed by atoms with Gasteiger partial charge in [0, 0.05) is 36.2 Å². The van der Waals surface area contributed by atoms with Crippen LogP contribution in [0.15, 0.2) is 48.5 Å². The van der Waals surface area contributed by atoms with Crippen molar-refractivity contribution >= 4 is 34.9 Å². The summed E-state index contributed by atoms with van der Waals surface area (Å²) in [7, 11) is 1.59. The highest BCUT2D eigenvalue weighted by molar-refractivity contribution is 6.30. The van der Waals surface area contributed by atoms with Gasteiger partial charge in [-0.2, -0.15) is 0 Å². The minimum Gasteiger partial charge on any atom is -0.359 e. The first kappa shape index (κ1) is 18.7. The molecule has 0 aliphatic rings. The smallest absolute Gasteiger partial charge is 0.224 e. The molecule has 6 heteroatoms. The van der Waals surface area contributed by atoms with Gasteiger partial charge in [-0.15, -0.1) is 0 Å². The van der Waals surface area contributed by atoms with E-state index in [0.29, 0.717) is 22.7 Å². The van der Waals surface area contributed by atoms with E-state index in [1.165, 1.54) is 0 Å². The molecule has 0 unspecified atom stereocenters. The van der Waals surface area contributed by atoms with Gasteiger partial charge in [0.05, 0.1) is 6.42 Å². The molecule has 2 amide bonds. The summed E-state index contributed by atoms with van der Waals surface area (Å²) in [6, 6.07) is 13.6. The molecule has 2 aromatic rings. The number of carbonyl (C=O) groups is 3. The van der Waals surface area contributed by atoms with E-state index in [2.05, 4.69) is 10.6 Å². The lowest BCUT2D eigenvalue weighted by molar-refractivity contribution is -0.120. The van der Waals surface area contributed by atoms with Crippen LogP contribution in [0, 0.1) is 0 Å². The van der Waals surface area contributed by atoms with Gasteiger partial charge in [-0.25, -0.2) is 0 Å². The molecule has 0 heterocycles. The Morgan fingerprint density at radius 2 is 1.52 bits per heavy atom. The third-order valence-corrected chi connectivity index (χ3v) is 3.88. The van der Waals surface area contributed by atoms with Crippen LogP contribution < -0.4 is 10.6 Å². The van der Waals surface area contributed by atoms with Crippen LogP contribution in [0.2, 0.25) is 5.02 Å². The Labute approximate surface area is 151 Å². The van der Waals surface area contributed by atoms with E-state index in [4.69, 9.17) is 11.6 Å². The number of likely N-dealkylation sites (N-methyl/N-ethyl adjacent to an activating group) is 1. The van der Waals surface area contributed by atoms with Crippen LogP contribution in [0.3, 0.4) is 0 Å². The van der Waals surface area contributed by atoms with Crippen molar-refractivity contribution in [2.24, 2.45) is 0 Å². The lowest BCUT2D eigenvalue weighted by atomic mass is 10.1. The Hall–Kier alpha value is -2.66. The van der Waals surface area contributed by atoms with Gasteiger partial charge >= 0.3 is 0 Å². The average molecular weight is 359 g/mol. The fraction of sp³-hybridized carbons (Fsp3) is 0.211. The van der Waals surface area contributed by atoms with E-state index in [-0.39, 0.29) is 30.4 Å². The number of nitrogens with one attached hydrogen (secondary N) is 2. The highest BCUT2D eigenvalue weighted by atomic mass is 35.5. The first-order chi connectivity index (χ1) is 12.0. The van der Waals surface area contributed by atoms with E-state index < -0.39 is 0 Å². The normalized spacial score (nSPS) is 10.2. The minimum atomic E-state index is -0.235. The summed E-state index contributed by atoms with van der Waals surface area (Å²) in [4.78, 5) is 35.3. The molecular weight excluding hydrogens is 340 g/mol. The summed E-state index contributed by atoms with van der Waals surface area (Å²) in [5.74, 6) is -0.411. The molecule has 0 atom stereocenters. The quantitative estimate of drug-likeness (QED) is 0.746. The summed E-state index contributed by atoms with van der Waals surface area (Å²) in [5, 5.41) is 5.86. The summed E-state index contributed by atoms with van der Waals surface area (Å²) in [6.07, 6.45) is 0.518. The Kier molecular flexibility index (Phi) is 6.71. The second kappa shape index (κ2) is 8.99. The second-order valence-electron chi connectivity index (χ2n) is 5.53. The molecule has 5 nitrogen and oxygen atoms in total. The van der Waals surface area contributed by atoms with E-state index in [1.54, 1.807) is 55.6 Å². The van der Waals surface area contributed by atoms with Crippen molar-refractivity contribution in [3.8, 4) is 0 Å². The predicted octanol–water partition coefficient (Wildman–Crippen LogP) is 3.23. The molecule has 2 rings (SSSR count).